The number of hydrogen-bond acceptors (Lipinski definition) is 3. The van der Waals surface area contributed by atoms with Crippen LogP contribution in [-0.4, -0.2) is 47.0 Å². The summed E-state index contributed by atoms with van der Waals surface area (Å²) in [7, 11) is 0. The van der Waals surface area contributed by atoms with E-state index in [1.165, 1.54) is 0 Å². The average Bonchev–Trinajstić information content (AvgIpc) is 3.13. The maximum absolute atomic E-state index is 13.0. The molecule has 1 saturated heterocycles. The van der Waals surface area contributed by atoms with Crippen molar-refractivity contribution in [2.45, 2.75) is 31.8 Å². The fraction of sp³-hybridized carbons (Fsp3) is 0.304. The van der Waals surface area contributed by atoms with Crippen LogP contribution in [0, 0.1) is 0 Å². The summed E-state index contributed by atoms with van der Waals surface area (Å²) in [6.07, 6.45) is 2.10. The fourth-order valence-electron chi connectivity index (χ4n) is 3.81. The van der Waals surface area contributed by atoms with Crippen molar-refractivity contribution in [3.05, 3.63) is 64.2 Å². The minimum Gasteiger partial charge on any atom is -0.484 e. The SMILES string of the molecule is CC/C(=C\C1Cc2cc(-c3ccc(C(=O)N4CC(F)(F)C4)cc3)cc(Cl)c2O1)C(=O)O. The Hall–Kier alpha value is -2.93. The molecule has 1 unspecified atom stereocenters. The summed E-state index contributed by atoms with van der Waals surface area (Å²) in [6, 6.07) is 10.4. The Bertz CT molecular complexity index is 1070. The third-order valence-corrected chi connectivity index (χ3v) is 5.73. The Kier molecular flexibility index (Phi) is 5.47. The summed E-state index contributed by atoms with van der Waals surface area (Å²) in [5, 5.41) is 9.64. The molecular weight excluding hydrogens is 428 g/mol. The summed E-state index contributed by atoms with van der Waals surface area (Å²) in [5.74, 6) is -3.64. The van der Waals surface area contributed by atoms with Crippen LogP contribution < -0.4 is 4.74 Å². The number of carboxylic acids is 1. The number of carbonyl (C=O) groups excluding carboxylic acids is 1. The highest BCUT2D eigenvalue weighted by Gasteiger charge is 2.46. The number of amides is 1. The van der Waals surface area contributed by atoms with Gasteiger partial charge in [-0.15, -0.1) is 0 Å². The van der Waals surface area contributed by atoms with E-state index >= 15 is 0 Å². The molecule has 31 heavy (non-hydrogen) atoms. The van der Waals surface area contributed by atoms with Gasteiger partial charge in [-0.25, -0.2) is 13.6 Å². The number of ether oxygens (including phenoxy) is 1. The Morgan fingerprint density at radius 1 is 1.23 bits per heavy atom. The van der Waals surface area contributed by atoms with E-state index in [0.29, 0.717) is 29.2 Å². The maximum atomic E-state index is 13.0. The van der Waals surface area contributed by atoms with Crippen molar-refractivity contribution in [3.63, 3.8) is 0 Å². The maximum Gasteiger partial charge on any atom is 0.331 e. The minimum atomic E-state index is -2.80. The highest BCUT2D eigenvalue weighted by Crippen LogP contribution is 2.40. The molecule has 1 atom stereocenters. The minimum absolute atomic E-state index is 0.286. The van der Waals surface area contributed by atoms with Crippen molar-refractivity contribution in [3.8, 4) is 16.9 Å². The van der Waals surface area contributed by atoms with Crippen molar-refractivity contribution >= 4 is 23.5 Å². The molecule has 1 amide bonds. The zero-order valence-electron chi connectivity index (χ0n) is 16.7. The molecule has 2 aromatic rings. The molecule has 0 radical (unpaired) electrons. The van der Waals surface area contributed by atoms with Crippen LogP contribution in [0.2, 0.25) is 5.02 Å². The Labute approximate surface area is 182 Å². The molecule has 5 nitrogen and oxygen atoms in total. The van der Waals surface area contributed by atoms with Gasteiger partial charge in [-0.1, -0.05) is 30.7 Å². The number of fused-ring (bicyclic) bond motifs is 1. The van der Waals surface area contributed by atoms with Crippen molar-refractivity contribution < 1.29 is 28.2 Å². The molecule has 0 saturated carbocycles. The Morgan fingerprint density at radius 3 is 2.48 bits per heavy atom. The van der Waals surface area contributed by atoms with Gasteiger partial charge >= 0.3 is 5.97 Å². The first kappa shape index (κ1) is 21.3. The molecule has 2 aliphatic rings. The summed E-state index contributed by atoms with van der Waals surface area (Å²) in [4.78, 5) is 24.6. The summed E-state index contributed by atoms with van der Waals surface area (Å²) in [5.41, 5.74) is 3.14. The number of rotatable bonds is 5. The third-order valence-electron chi connectivity index (χ3n) is 5.45. The van der Waals surface area contributed by atoms with E-state index in [1.54, 1.807) is 43.3 Å². The molecule has 0 aliphatic carbocycles. The monoisotopic (exact) mass is 447 g/mol. The molecule has 2 heterocycles. The summed E-state index contributed by atoms with van der Waals surface area (Å²) < 4.78 is 31.8. The van der Waals surface area contributed by atoms with Crippen LogP contribution in [-0.2, 0) is 11.2 Å². The van der Waals surface area contributed by atoms with Gasteiger partial charge < -0.3 is 14.7 Å². The normalized spacial score (nSPS) is 19.4. The zero-order chi connectivity index (χ0) is 22.3. The van der Waals surface area contributed by atoms with Crippen molar-refractivity contribution in [2.75, 3.05) is 13.1 Å². The van der Waals surface area contributed by atoms with Crippen LogP contribution in [0.1, 0.15) is 29.3 Å². The lowest BCUT2D eigenvalue weighted by Crippen LogP contribution is -2.58. The Balaban J connectivity index is 1.52. The molecule has 2 aliphatic heterocycles. The molecule has 4 rings (SSSR count). The standard InChI is InChI=1S/C23H20ClF2NO4/c1-2-13(22(29)30)8-18-9-17-7-16(10-19(24)20(17)31-18)14-3-5-15(6-4-14)21(28)27-11-23(25,26)12-27/h3-8,10,18H,2,9,11-12H2,1H3,(H,29,30)/b13-8+. The number of halogens is 3. The van der Waals surface area contributed by atoms with Crippen LogP contribution in [0.5, 0.6) is 5.75 Å². The van der Waals surface area contributed by atoms with Gasteiger partial charge in [0, 0.05) is 23.1 Å². The summed E-state index contributed by atoms with van der Waals surface area (Å²) >= 11 is 6.41. The molecule has 162 valence electrons. The van der Waals surface area contributed by atoms with Crippen molar-refractivity contribution in [1.82, 2.24) is 4.90 Å². The number of carboxylic acid groups (broad SMARTS) is 1. The van der Waals surface area contributed by atoms with Gasteiger partial charge in [0.15, 0.2) is 0 Å². The van der Waals surface area contributed by atoms with E-state index in [4.69, 9.17) is 16.3 Å². The van der Waals surface area contributed by atoms with Crippen LogP contribution in [0.4, 0.5) is 8.78 Å². The molecule has 1 N–H and O–H groups in total. The van der Waals surface area contributed by atoms with Gasteiger partial charge in [-0.2, -0.15) is 0 Å². The summed E-state index contributed by atoms with van der Waals surface area (Å²) in [6.45, 7) is 0.672. The highest BCUT2D eigenvalue weighted by atomic mass is 35.5. The molecule has 8 heteroatoms. The van der Waals surface area contributed by atoms with E-state index in [-0.39, 0.29) is 5.57 Å². The van der Waals surface area contributed by atoms with Crippen LogP contribution in [0.15, 0.2) is 48.0 Å². The van der Waals surface area contributed by atoms with Gasteiger partial charge in [-0.3, -0.25) is 4.79 Å². The lowest BCUT2D eigenvalue weighted by atomic mass is 9.99. The van der Waals surface area contributed by atoms with Gasteiger partial charge in [0.2, 0.25) is 0 Å². The topological polar surface area (TPSA) is 66.8 Å². The number of carbonyl (C=O) groups is 2. The smallest absolute Gasteiger partial charge is 0.331 e. The van der Waals surface area contributed by atoms with E-state index in [1.807, 2.05) is 6.07 Å². The molecule has 1 fully saturated rings. The second-order valence-electron chi connectivity index (χ2n) is 7.75. The molecule has 0 aromatic heterocycles. The van der Waals surface area contributed by atoms with E-state index in [0.717, 1.165) is 21.6 Å². The number of hydrogen-bond donors (Lipinski definition) is 1. The average molecular weight is 448 g/mol. The fourth-order valence-corrected chi connectivity index (χ4v) is 4.10. The van der Waals surface area contributed by atoms with Crippen LogP contribution in [0.3, 0.4) is 0 Å². The van der Waals surface area contributed by atoms with Crippen LogP contribution in [0.25, 0.3) is 11.1 Å². The van der Waals surface area contributed by atoms with E-state index in [2.05, 4.69) is 0 Å². The first-order valence-corrected chi connectivity index (χ1v) is 10.3. The first-order valence-electron chi connectivity index (χ1n) is 9.87. The number of nitrogens with zero attached hydrogens (tertiary/aromatic N) is 1. The molecular formula is C23H20ClF2NO4. The van der Waals surface area contributed by atoms with Gasteiger partial charge in [0.25, 0.3) is 11.8 Å². The number of aliphatic carboxylic acids is 1. The second-order valence-corrected chi connectivity index (χ2v) is 8.16. The zero-order valence-corrected chi connectivity index (χ0v) is 17.5. The van der Waals surface area contributed by atoms with Gasteiger partial charge in [0.05, 0.1) is 18.1 Å². The van der Waals surface area contributed by atoms with Crippen molar-refractivity contribution in [1.29, 1.82) is 0 Å². The van der Waals surface area contributed by atoms with Gasteiger partial charge in [-0.05, 0) is 47.9 Å². The highest BCUT2D eigenvalue weighted by molar-refractivity contribution is 6.32. The molecule has 0 spiro atoms. The van der Waals surface area contributed by atoms with E-state index < -0.39 is 37.0 Å². The quantitative estimate of drug-likeness (QED) is 0.667. The predicted molar refractivity (Wildman–Crippen MR) is 112 cm³/mol. The Morgan fingerprint density at radius 2 is 1.90 bits per heavy atom. The number of likely N-dealkylation sites (tertiary alicyclic amines) is 1. The molecule has 2 aromatic carbocycles. The second kappa shape index (κ2) is 7.96. The number of benzene rings is 2. The third kappa shape index (κ3) is 4.28. The first-order chi connectivity index (χ1) is 14.7. The number of alkyl halides is 2. The van der Waals surface area contributed by atoms with E-state index in [9.17, 15) is 23.5 Å². The van der Waals surface area contributed by atoms with Gasteiger partial charge in [0.1, 0.15) is 11.9 Å². The predicted octanol–water partition coefficient (Wildman–Crippen LogP) is 4.82. The lowest BCUT2D eigenvalue weighted by Gasteiger charge is -2.38. The van der Waals surface area contributed by atoms with Crippen LogP contribution >= 0.6 is 11.6 Å². The molecule has 0 bridgehead atoms. The largest absolute Gasteiger partial charge is 0.484 e. The lowest BCUT2D eigenvalue weighted by molar-refractivity contribution is -0.132. The van der Waals surface area contributed by atoms with Crippen molar-refractivity contribution in [2.24, 2.45) is 0 Å².